The second-order valence-corrected chi connectivity index (χ2v) is 11.5. The van der Waals surface area contributed by atoms with E-state index in [4.69, 9.17) is 4.79 Å². The van der Waals surface area contributed by atoms with Gasteiger partial charge in [0.05, 0.1) is 0 Å². The molecule has 0 unspecified atom stereocenters. The van der Waals surface area contributed by atoms with E-state index in [1.54, 1.807) is 0 Å². The summed E-state index contributed by atoms with van der Waals surface area (Å²) in [7, 11) is 0. The molecule has 0 spiro atoms. The summed E-state index contributed by atoms with van der Waals surface area (Å²) in [6, 6.07) is -0.833. The first-order valence-corrected chi connectivity index (χ1v) is 9.23. The Hall–Kier alpha value is -0.751. The first-order valence-electron chi connectivity index (χ1n) is 3.23. The third-order valence-electron chi connectivity index (χ3n) is 0.788. The molecule has 0 bridgehead atoms. The van der Waals surface area contributed by atoms with Crippen molar-refractivity contribution in [2.75, 3.05) is 0 Å². The monoisotopic (exact) mass is 282 g/mol. The minimum atomic E-state index is -4.63. The molecule has 86 valence electrons. The van der Waals surface area contributed by atoms with Gasteiger partial charge in [-0.1, -0.05) is 0 Å². The Kier molecular flexibility index (Phi) is 5.85. The van der Waals surface area contributed by atoms with Crippen molar-refractivity contribution in [3.05, 3.63) is 0 Å². The number of urea groups is 1. The molecular weight excluding hydrogens is 268 g/mol. The van der Waals surface area contributed by atoms with Crippen LogP contribution in [0.2, 0.25) is 17.5 Å². The minimum absolute atomic E-state index is 0.833. The zero-order valence-electron chi connectivity index (χ0n) is 8.01. The molecule has 0 saturated heterocycles. The molecule has 2 amide bonds. The normalized spacial score (nSPS) is 12.4. The molecule has 4 nitrogen and oxygen atoms in total. The Balaban J connectivity index is 0. The molecular formula is C6H13F3N2O2Se. The van der Waals surface area contributed by atoms with Crippen molar-refractivity contribution in [2.24, 2.45) is 11.5 Å². The largest absolute Gasteiger partial charge is 0.352 e. The number of amides is 2. The topological polar surface area (TPSA) is 86.2 Å². The van der Waals surface area contributed by atoms with Crippen LogP contribution in [0.4, 0.5) is 18.0 Å². The molecule has 0 saturated carbocycles. The van der Waals surface area contributed by atoms with Crippen LogP contribution in [-0.2, 0) is 4.79 Å². The van der Waals surface area contributed by atoms with Gasteiger partial charge in [-0.3, -0.25) is 0 Å². The minimum Gasteiger partial charge on any atom is -0.352 e. The number of halogens is 3. The number of nitrogens with two attached hydrogens (primary N) is 2. The van der Waals surface area contributed by atoms with Gasteiger partial charge in [-0.15, -0.1) is 0 Å². The van der Waals surface area contributed by atoms with E-state index in [-0.39, 0.29) is 0 Å². The van der Waals surface area contributed by atoms with Crippen LogP contribution in [0.1, 0.15) is 0 Å². The van der Waals surface area contributed by atoms with Gasteiger partial charge in [0.25, 0.3) is 0 Å². The molecule has 0 aromatic carbocycles. The Morgan fingerprint density at radius 3 is 1.29 bits per heavy atom. The van der Waals surface area contributed by atoms with Crippen LogP contribution in [0.5, 0.6) is 0 Å². The van der Waals surface area contributed by atoms with Crippen molar-refractivity contribution in [2.45, 2.75) is 23.6 Å². The summed E-state index contributed by atoms with van der Waals surface area (Å²) in [6.07, 6.45) is -4.63. The first kappa shape index (κ1) is 15.7. The summed E-state index contributed by atoms with van der Waals surface area (Å²) < 4.78 is 33.4. The molecule has 0 fully saturated rings. The van der Waals surface area contributed by atoms with Gasteiger partial charge in [0.2, 0.25) is 0 Å². The number of carbonyl (C=O) groups is 2. The van der Waals surface area contributed by atoms with Crippen LogP contribution in [0.25, 0.3) is 0 Å². The van der Waals surface area contributed by atoms with Crippen LogP contribution in [0.3, 0.4) is 0 Å². The van der Waals surface area contributed by atoms with Crippen molar-refractivity contribution in [1.82, 2.24) is 0 Å². The van der Waals surface area contributed by atoms with Gasteiger partial charge in [0.1, 0.15) is 0 Å². The number of primary amides is 2. The maximum absolute atomic E-state index is 11.6. The van der Waals surface area contributed by atoms with E-state index in [9.17, 15) is 18.0 Å². The third kappa shape index (κ3) is 9.34. The number of rotatable bonds is 1. The van der Waals surface area contributed by atoms with Gasteiger partial charge in [-0.2, -0.15) is 0 Å². The second kappa shape index (κ2) is 5.21. The van der Waals surface area contributed by atoms with E-state index in [0.29, 0.717) is 0 Å². The summed E-state index contributed by atoms with van der Waals surface area (Å²) in [5, 5.41) is 0. The molecule has 0 aromatic rings. The van der Waals surface area contributed by atoms with Gasteiger partial charge in [0.15, 0.2) is 0 Å². The van der Waals surface area contributed by atoms with E-state index in [1.807, 2.05) is 0 Å². The molecule has 0 heterocycles. The molecule has 0 radical (unpaired) electrons. The predicted octanol–water partition coefficient (Wildman–Crippen LogP) is 1.02. The van der Waals surface area contributed by atoms with Crippen LogP contribution < -0.4 is 11.5 Å². The van der Waals surface area contributed by atoms with Crippen LogP contribution in [0, 0.1) is 0 Å². The fourth-order valence-corrected chi connectivity index (χ4v) is 1.80. The molecule has 8 heteroatoms. The summed E-state index contributed by atoms with van der Waals surface area (Å²) in [6.45, 7) is 0. The number of hydrogen-bond acceptors (Lipinski definition) is 2. The summed E-state index contributed by atoms with van der Waals surface area (Å²) >= 11 is -2.83. The Labute approximate surface area is 82.0 Å². The smallest absolute Gasteiger partial charge is 0.309 e. The molecule has 0 aliphatic heterocycles. The maximum atomic E-state index is 11.6. The molecule has 0 aliphatic carbocycles. The molecule has 0 aromatic heterocycles. The second-order valence-electron chi connectivity index (χ2n) is 3.02. The van der Waals surface area contributed by atoms with E-state index < -0.39 is 29.7 Å². The summed E-state index contributed by atoms with van der Waals surface area (Å²) in [4.78, 5) is 19.4. The van der Waals surface area contributed by atoms with Gasteiger partial charge >= 0.3 is 65.2 Å². The predicted molar refractivity (Wildman–Crippen MR) is 48.2 cm³/mol. The first-order chi connectivity index (χ1) is 5.89. The fraction of sp³-hybridized carbons (Fsp3) is 0.667. The third-order valence-corrected chi connectivity index (χ3v) is 3.61. The van der Waals surface area contributed by atoms with E-state index in [2.05, 4.69) is 11.5 Å². The van der Waals surface area contributed by atoms with E-state index in [1.165, 1.54) is 17.5 Å². The van der Waals surface area contributed by atoms with Gasteiger partial charge < -0.3 is 11.5 Å². The Morgan fingerprint density at radius 2 is 1.29 bits per heavy atom. The number of carbonyl (C=O) groups excluding carboxylic acids is 2. The number of alkyl halides is 3. The molecule has 4 N–H and O–H groups in total. The van der Waals surface area contributed by atoms with Gasteiger partial charge in [-0.05, 0) is 0 Å². The average molecular weight is 281 g/mol. The Bertz CT molecular complexity index is 202. The quantitative estimate of drug-likeness (QED) is 0.703. The zero-order chi connectivity index (χ0) is 12.2. The standard InChI is InChI=1S/C5H9F3OSe.CH4N2O/c1-10(2,3)4(9)5(6,7)8;2-1(3)4/h1-3H3;(H4,2,3,4). The van der Waals surface area contributed by atoms with Crippen molar-refractivity contribution >= 4 is 23.6 Å². The molecule has 0 aliphatic rings. The number of hydrogen-bond donors (Lipinski definition) is 2. The summed E-state index contributed by atoms with van der Waals surface area (Å²) in [5.41, 5.74) is 8.50. The van der Waals surface area contributed by atoms with Gasteiger partial charge in [0, 0.05) is 0 Å². The SMILES string of the molecule is C[Se](C)(C)C(=O)C(F)(F)F.NC(N)=O. The van der Waals surface area contributed by atoms with Gasteiger partial charge in [-0.25, -0.2) is 4.79 Å². The van der Waals surface area contributed by atoms with Crippen molar-refractivity contribution < 1.29 is 22.8 Å². The van der Waals surface area contributed by atoms with Crippen LogP contribution in [-0.4, -0.2) is 29.7 Å². The van der Waals surface area contributed by atoms with Crippen LogP contribution in [0.15, 0.2) is 0 Å². The summed E-state index contributed by atoms with van der Waals surface area (Å²) in [5.74, 6) is 4.19. The van der Waals surface area contributed by atoms with Crippen molar-refractivity contribution in [1.29, 1.82) is 0 Å². The maximum Gasteiger partial charge on any atom is 0.309 e. The Morgan fingerprint density at radius 1 is 1.07 bits per heavy atom. The van der Waals surface area contributed by atoms with Crippen molar-refractivity contribution in [3.63, 3.8) is 0 Å². The van der Waals surface area contributed by atoms with Crippen molar-refractivity contribution in [3.8, 4) is 0 Å². The molecule has 0 atom stereocenters. The van der Waals surface area contributed by atoms with E-state index >= 15 is 0 Å². The average Bonchev–Trinajstić information content (AvgIpc) is 1.80. The fourth-order valence-electron chi connectivity index (χ4n) is 0.347. The van der Waals surface area contributed by atoms with E-state index in [0.717, 1.165) is 0 Å². The molecule has 14 heavy (non-hydrogen) atoms. The molecule has 0 rings (SSSR count). The zero-order valence-corrected chi connectivity index (χ0v) is 9.73. The van der Waals surface area contributed by atoms with Crippen LogP contribution >= 0.6 is 0 Å².